The third-order valence-electron chi connectivity index (χ3n) is 5.29. The molecule has 0 aliphatic carbocycles. The average Bonchev–Trinajstić information content (AvgIpc) is 3.04. The highest BCUT2D eigenvalue weighted by Gasteiger charge is 2.13. The summed E-state index contributed by atoms with van der Waals surface area (Å²) in [6.45, 7) is 11.2. The van der Waals surface area contributed by atoms with Crippen molar-refractivity contribution in [1.82, 2.24) is 15.1 Å². The minimum Gasteiger partial charge on any atom is -0.497 e. The molecule has 3 rings (SSSR count). The molecule has 1 amide bonds. The van der Waals surface area contributed by atoms with E-state index in [1.807, 2.05) is 74.8 Å². The van der Waals surface area contributed by atoms with Crippen molar-refractivity contribution in [3.8, 4) is 5.75 Å². The van der Waals surface area contributed by atoms with Gasteiger partial charge in [0.15, 0.2) is 0 Å². The van der Waals surface area contributed by atoms with Gasteiger partial charge in [0.1, 0.15) is 5.75 Å². The summed E-state index contributed by atoms with van der Waals surface area (Å²) in [6.07, 6.45) is 0. The molecule has 0 unspecified atom stereocenters. The second-order valence-electron chi connectivity index (χ2n) is 7.81. The van der Waals surface area contributed by atoms with Gasteiger partial charge in [-0.3, -0.25) is 14.8 Å². The SMILES string of the molecule is CCn1nc(C)c(CN=C(NC(=O)c2cc(C)cc(C)c2)Nc2ccc(OC)cc2)c1C. The van der Waals surface area contributed by atoms with E-state index in [2.05, 4.69) is 22.7 Å². The fourth-order valence-corrected chi connectivity index (χ4v) is 3.64. The molecule has 2 aromatic carbocycles. The molecule has 0 fully saturated rings. The van der Waals surface area contributed by atoms with E-state index >= 15 is 0 Å². The van der Waals surface area contributed by atoms with Crippen molar-refractivity contribution in [2.45, 2.75) is 47.7 Å². The highest BCUT2D eigenvalue weighted by atomic mass is 16.5. The first-order valence-corrected chi connectivity index (χ1v) is 10.7. The number of ether oxygens (including phenoxy) is 1. The van der Waals surface area contributed by atoms with Crippen LogP contribution in [0.3, 0.4) is 0 Å². The Bertz CT molecular complexity index is 1110. The van der Waals surface area contributed by atoms with E-state index in [1.165, 1.54) is 0 Å². The van der Waals surface area contributed by atoms with E-state index < -0.39 is 0 Å². The molecule has 0 aliphatic rings. The first kappa shape index (κ1) is 23.1. The van der Waals surface area contributed by atoms with Gasteiger partial charge < -0.3 is 10.1 Å². The smallest absolute Gasteiger partial charge is 0.257 e. The molecule has 1 heterocycles. The predicted octanol–water partition coefficient (Wildman–Crippen LogP) is 4.54. The van der Waals surface area contributed by atoms with Crippen molar-refractivity contribution >= 4 is 17.6 Å². The fraction of sp³-hybridized carbons (Fsp3) is 0.320. The number of rotatable bonds is 6. The van der Waals surface area contributed by atoms with Crippen molar-refractivity contribution in [3.05, 3.63) is 76.1 Å². The summed E-state index contributed by atoms with van der Waals surface area (Å²) in [5, 5.41) is 10.7. The molecule has 0 saturated heterocycles. The topological polar surface area (TPSA) is 80.5 Å². The van der Waals surface area contributed by atoms with Crippen molar-refractivity contribution in [2.75, 3.05) is 12.4 Å². The van der Waals surface area contributed by atoms with Crippen LogP contribution in [0.4, 0.5) is 5.69 Å². The van der Waals surface area contributed by atoms with Crippen LogP contribution in [-0.4, -0.2) is 28.8 Å². The van der Waals surface area contributed by atoms with Crippen molar-refractivity contribution in [3.63, 3.8) is 0 Å². The van der Waals surface area contributed by atoms with Crippen LogP contribution in [0.15, 0.2) is 47.5 Å². The molecule has 7 heteroatoms. The second-order valence-corrected chi connectivity index (χ2v) is 7.81. The van der Waals surface area contributed by atoms with E-state index in [-0.39, 0.29) is 5.91 Å². The number of aliphatic imine (C=N–C) groups is 1. The minimum atomic E-state index is -0.214. The highest BCUT2D eigenvalue weighted by Crippen LogP contribution is 2.17. The van der Waals surface area contributed by atoms with Gasteiger partial charge in [-0.2, -0.15) is 5.10 Å². The lowest BCUT2D eigenvalue weighted by molar-refractivity contribution is 0.0976. The Hall–Kier alpha value is -3.61. The Balaban J connectivity index is 1.88. The van der Waals surface area contributed by atoms with Crippen LogP contribution >= 0.6 is 0 Å². The molecule has 3 aromatic rings. The number of benzene rings is 2. The van der Waals surface area contributed by atoms with Crippen molar-refractivity contribution in [2.24, 2.45) is 4.99 Å². The summed E-state index contributed by atoms with van der Waals surface area (Å²) >= 11 is 0. The maximum Gasteiger partial charge on any atom is 0.257 e. The Labute approximate surface area is 189 Å². The number of hydrogen-bond acceptors (Lipinski definition) is 4. The number of aryl methyl sites for hydroxylation is 4. The molecule has 0 radical (unpaired) electrons. The maximum atomic E-state index is 13.0. The summed E-state index contributed by atoms with van der Waals surface area (Å²) in [6, 6.07) is 13.2. The standard InChI is InChI=1S/C25H31N5O2/c1-7-30-19(5)23(18(4)29-30)15-26-25(27-21-8-10-22(32-6)11-9-21)28-24(31)20-13-16(2)12-17(3)14-20/h8-14H,7,15H2,1-6H3,(H2,26,27,28,31). The number of anilines is 1. The molecule has 1 aromatic heterocycles. The first-order chi connectivity index (χ1) is 15.3. The van der Waals surface area contributed by atoms with Gasteiger partial charge in [-0.25, -0.2) is 4.99 Å². The fourth-order valence-electron chi connectivity index (χ4n) is 3.64. The average molecular weight is 434 g/mol. The van der Waals surface area contributed by atoms with Gasteiger partial charge >= 0.3 is 0 Å². The molecule has 168 valence electrons. The zero-order valence-electron chi connectivity index (χ0n) is 19.6. The monoisotopic (exact) mass is 433 g/mol. The third kappa shape index (κ3) is 5.55. The summed E-state index contributed by atoms with van der Waals surface area (Å²) in [7, 11) is 1.63. The number of hydrogen-bond donors (Lipinski definition) is 2. The Morgan fingerprint density at radius 1 is 1.06 bits per heavy atom. The number of carbonyl (C=O) groups is 1. The first-order valence-electron chi connectivity index (χ1n) is 10.7. The highest BCUT2D eigenvalue weighted by molar-refractivity contribution is 6.10. The number of methoxy groups -OCH3 is 1. The van der Waals surface area contributed by atoms with E-state index in [4.69, 9.17) is 9.73 Å². The molecule has 7 nitrogen and oxygen atoms in total. The molecular formula is C25H31N5O2. The van der Waals surface area contributed by atoms with Crippen LogP contribution in [-0.2, 0) is 13.1 Å². The van der Waals surface area contributed by atoms with Crippen LogP contribution in [0.2, 0.25) is 0 Å². The number of nitrogens with one attached hydrogen (secondary N) is 2. The van der Waals surface area contributed by atoms with E-state index in [9.17, 15) is 4.79 Å². The van der Waals surface area contributed by atoms with Crippen LogP contribution in [0.25, 0.3) is 0 Å². The quantitative estimate of drug-likeness (QED) is 0.442. The molecule has 0 spiro atoms. The van der Waals surface area contributed by atoms with Gasteiger partial charge in [0.05, 0.1) is 19.3 Å². The Morgan fingerprint density at radius 3 is 2.28 bits per heavy atom. The summed E-state index contributed by atoms with van der Waals surface area (Å²) in [5.74, 6) is 0.920. The summed E-state index contributed by atoms with van der Waals surface area (Å²) in [5.41, 5.74) is 6.54. The lowest BCUT2D eigenvalue weighted by Crippen LogP contribution is -2.36. The van der Waals surface area contributed by atoms with E-state index in [1.54, 1.807) is 7.11 Å². The lowest BCUT2D eigenvalue weighted by Gasteiger charge is -2.13. The summed E-state index contributed by atoms with van der Waals surface area (Å²) in [4.78, 5) is 17.7. The Morgan fingerprint density at radius 2 is 1.72 bits per heavy atom. The number of aromatic nitrogens is 2. The van der Waals surface area contributed by atoms with Crippen molar-refractivity contribution in [1.29, 1.82) is 0 Å². The van der Waals surface area contributed by atoms with Crippen LogP contribution in [0.1, 0.15) is 45.4 Å². The van der Waals surface area contributed by atoms with Gasteiger partial charge in [0, 0.05) is 29.1 Å². The third-order valence-corrected chi connectivity index (χ3v) is 5.29. The van der Waals surface area contributed by atoms with E-state index in [0.717, 1.165) is 46.1 Å². The lowest BCUT2D eigenvalue weighted by atomic mass is 10.1. The van der Waals surface area contributed by atoms with Gasteiger partial charge in [0.2, 0.25) is 5.96 Å². The Kier molecular flexibility index (Phi) is 7.30. The molecule has 0 atom stereocenters. The van der Waals surface area contributed by atoms with Crippen LogP contribution in [0.5, 0.6) is 5.75 Å². The predicted molar refractivity (Wildman–Crippen MR) is 129 cm³/mol. The van der Waals surface area contributed by atoms with Crippen molar-refractivity contribution < 1.29 is 9.53 Å². The van der Waals surface area contributed by atoms with E-state index in [0.29, 0.717) is 18.1 Å². The molecule has 0 saturated carbocycles. The maximum absolute atomic E-state index is 13.0. The number of carbonyl (C=O) groups excluding carboxylic acids is 1. The molecule has 32 heavy (non-hydrogen) atoms. The normalized spacial score (nSPS) is 11.4. The number of guanidine groups is 1. The zero-order valence-corrected chi connectivity index (χ0v) is 19.6. The summed E-state index contributed by atoms with van der Waals surface area (Å²) < 4.78 is 7.19. The minimum absolute atomic E-state index is 0.214. The van der Waals surface area contributed by atoms with Gasteiger partial charge in [-0.15, -0.1) is 0 Å². The van der Waals surface area contributed by atoms with Gasteiger partial charge in [-0.05, 0) is 71.0 Å². The largest absolute Gasteiger partial charge is 0.497 e. The zero-order chi connectivity index (χ0) is 23.3. The second kappa shape index (κ2) is 10.1. The number of nitrogens with zero attached hydrogens (tertiary/aromatic N) is 3. The molecule has 0 bridgehead atoms. The molecular weight excluding hydrogens is 402 g/mol. The molecule has 2 N–H and O–H groups in total. The van der Waals surface area contributed by atoms with Crippen LogP contribution in [0, 0.1) is 27.7 Å². The van der Waals surface area contributed by atoms with Crippen LogP contribution < -0.4 is 15.4 Å². The van der Waals surface area contributed by atoms with Gasteiger partial charge in [0.25, 0.3) is 5.91 Å². The number of amides is 1. The molecule has 0 aliphatic heterocycles. The van der Waals surface area contributed by atoms with Gasteiger partial charge in [-0.1, -0.05) is 17.2 Å².